The van der Waals surface area contributed by atoms with Gasteiger partial charge in [0, 0.05) is 0 Å². The van der Waals surface area contributed by atoms with Crippen molar-refractivity contribution in [1.82, 2.24) is 0 Å². The van der Waals surface area contributed by atoms with Gasteiger partial charge in [-0.25, -0.2) is 0 Å². The van der Waals surface area contributed by atoms with Crippen LogP contribution in [0.4, 0.5) is 0 Å². The van der Waals surface area contributed by atoms with Crippen molar-refractivity contribution in [1.29, 1.82) is 0 Å². The van der Waals surface area contributed by atoms with Crippen molar-refractivity contribution in [3.05, 3.63) is 15.3 Å². The zero-order valence-corrected chi connectivity index (χ0v) is 9.37. The third kappa shape index (κ3) is 2.06. The van der Waals surface area contributed by atoms with Crippen LogP contribution in [-0.4, -0.2) is 21.4 Å². The number of hydrogen-bond acceptors (Lipinski definition) is 5. The number of halogens is 1. The first kappa shape index (κ1) is 11.4. The Kier molecular flexibility index (Phi) is 3.15. The average molecular weight is 256 g/mol. The Balaban J connectivity index is 3.42. The van der Waals surface area contributed by atoms with Gasteiger partial charge in [-0.2, -0.15) is 8.42 Å². The second kappa shape index (κ2) is 3.85. The van der Waals surface area contributed by atoms with Crippen molar-refractivity contribution in [3.8, 4) is 0 Å². The first-order valence-electron chi connectivity index (χ1n) is 3.28. The van der Waals surface area contributed by atoms with Crippen molar-refractivity contribution in [2.75, 3.05) is 7.11 Å². The molecule has 0 unspecified atom stereocenters. The van der Waals surface area contributed by atoms with Gasteiger partial charge >= 0.3 is 0 Å². The van der Waals surface area contributed by atoms with Crippen LogP contribution in [0.2, 0.25) is 4.34 Å². The van der Waals surface area contributed by atoms with Crippen LogP contribution in [0.1, 0.15) is 9.67 Å². The van der Waals surface area contributed by atoms with E-state index < -0.39 is 16.0 Å². The fraction of sp³-hybridized carbons (Fsp3) is 0.167. The number of carbonyl (C=O) groups excluding carboxylic acids is 1. The molecule has 0 saturated heterocycles. The summed E-state index contributed by atoms with van der Waals surface area (Å²) >= 11 is 6.36. The molecule has 1 amide bonds. The van der Waals surface area contributed by atoms with Crippen LogP contribution in [0.15, 0.2) is 11.0 Å². The minimum atomic E-state index is -3.93. The van der Waals surface area contributed by atoms with Crippen molar-refractivity contribution in [2.24, 2.45) is 5.73 Å². The molecule has 1 heterocycles. The monoisotopic (exact) mass is 255 g/mol. The highest BCUT2D eigenvalue weighted by molar-refractivity contribution is 7.87. The highest BCUT2D eigenvalue weighted by atomic mass is 35.5. The second-order valence-electron chi connectivity index (χ2n) is 2.23. The number of rotatable bonds is 3. The summed E-state index contributed by atoms with van der Waals surface area (Å²) in [4.78, 5) is 10.4. The summed E-state index contributed by atoms with van der Waals surface area (Å²) in [7, 11) is -2.94. The molecule has 0 saturated carbocycles. The second-order valence-corrected chi connectivity index (χ2v) is 5.59. The number of carbonyl (C=O) groups is 1. The summed E-state index contributed by atoms with van der Waals surface area (Å²) in [5.41, 5.74) is 4.97. The third-order valence-electron chi connectivity index (χ3n) is 1.38. The molecule has 78 valence electrons. The van der Waals surface area contributed by atoms with Gasteiger partial charge in [-0.15, -0.1) is 11.3 Å². The molecule has 0 aliphatic heterocycles. The van der Waals surface area contributed by atoms with E-state index in [-0.39, 0.29) is 14.1 Å². The quantitative estimate of drug-likeness (QED) is 0.811. The molecule has 0 bridgehead atoms. The highest BCUT2D eigenvalue weighted by Crippen LogP contribution is 2.30. The van der Waals surface area contributed by atoms with Gasteiger partial charge in [0.2, 0.25) is 0 Å². The molecule has 0 fully saturated rings. The van der Waals surface area contributed by atoms with E-state index in [0.29, 0.717) is 0 Å². The van der Waals surface area contributed by atoms with Gasteiger partial charge in [0.25, 0.3) is 16.0 Å². The van der Waals surface area contributed by atoms with Crippen LogP contribution >= 0.6 is 22.9 Å². The molecule has 2 N–H and O–H groups in total. The van der Waals surface area contributed by atoms with Crippen LogP contribution in [0.5, 0.6) is 0 Å². The molecule has 8 heteroatoms. The molecule has 14 heavy (non-hydrogen) atoms. The maximum absolute atomic E-state index is 11.3. The average Bonchev–Trinajstić information content (AvgIpc) is 2.48. The Hall–Kier alpha value is -0.630. The Bertz CT molecular complexity index is 464. The van der Waals surface area contributed by atoms with Crippen LogP contribution in [0, 0.1) is 0 Å². The molecule has 0 aliphatic rings. The summed E-state index contributed by atoms with van der Waals surface area (Å²) in [6.45, 7) is 0. The standard InChI is InChI=1S/C6H6ClNO4S2/c1-12-14(10,11)3-2-4(7)13-5(3)6(8)9/h2H,1H3,(H2,8,9). The lowest BCUT2D eigenvalue weighted by Crippen LogP contribution is -2.14. The zero-order chi connectivity index (χ0) is 10.9. The first-order valence-corrected chi connectivity index (χ1v) is 5.88. The van der Waals surface area contributed by atoms with Crippen molar-refractivity contribution < 1.29 is 17.4 Å². The lowest BCUT2D eigenvalue weighted by Gasteiger charge is -1.99. The number of amides is 1. The number of hydrogen-bond donors (Lipinski definition) is 1. The van der Waals surface area contributed by atoms with Crippen LogP contribution < -0.4 is 5.73 Å². The molecule has 0 radical (unpaired) electrons. The summed E-state index contributed by atoms with van der Waals surface area (Å²) < 4.78 is 26.9. The lowest BCUT2D eigenvalue weighted by atomic mass is 10.4. The van der Waals surface area contributed by atoms with Gasteiger partial charge in [0.1, 0.15) is 9.77 Å². The van der Waals surface area contributed by atoms with Crippen molar-refractivity contribution >= 4 is 39.0 Å². The maximum atomic E-state index is 11.3. The Morgan fingerprint density at radius 2 is 2.21 bits per heavy atom. The van der Waals surface area contributed by atoms with E-state index in [1.54, 1.807) is 0 Å². The smallest absolute Gasteiger partial charge is 0.298 e. The maximum Gasteiger partial charge on any atom is 0.298 e. The van der Waals surface area contributed by atoms with Crippen molar-refractivity contribution in [3.63, 3.8) is 0 Å². The van der Waals surface area contributed by atoms with E-state index in [4.69, 9.17) is 17.3 Å². The summed E-state index contributed by atoms with van der Waals surface area (Å²) in [6, 6.07) is 1.13. The molecule has 0 aromatic carbocycles. The molecular weight excluding hydrogens is 250 g/mol. The number of nitrogens with two attached hydrogens (primary N) is 1. The lowest BCUT2D eigenvalue weighted by molar-refractivity contribution is 0.100. The molecule has 1 rings (SSSR count). The fourth-order valence-corrected chi connectivity index (χ4v) is 3.11. The van der Waals surface area contributed by atoms with Gasteiger partial charge in [-0.3, -0.25) is 8.98 Å². The zero-order valence-electron chi connectivity index (χ0n) is 6.98. The summed E-state index contributed by atoms with van der Waals surface area (Å²) in [6.07, 6.45) is 0. The van der Waals surface area contributed by atoms with E-state index >= 15 is 0 Å². The topological polar surface area (TPSA) is 86.5 Å². The molecule has 1 aromatic heterocycles. The molecule has 0 aliphatic carbocycles. The van der Waals surface area contributed by atoms with Gasteiger partial charge in [0.05, 0.1) is 11.4 Å². The van der Waals surface area contributed by atoms with E-state index in [2.05, 4.69) is 4.18 Å². The Morgan fingerprint density at radius 3 is 2.64 bits per heavy atom. The van der Waals surface area contributed by atoms with Gasteiger partial charge < -0.3 is 5.73 Å². The fourth-order valence-electron chi connectivity index (χ4n) is 0.793. The summed E-state index contributed by atoms with van der Waals surface area (Å²) in [5, 5.41) is 0. The van der Waals surface area contributed by atoms with Gasteiger partial charge in [-0.05, 0) is 6.07 Å². The van der Waals surface area contributed by atoms with Crippen LogP contribution in [-0.2, 0) is 14.3 Å². The molecular formula is C6H6ClNO4S2. The van der Waals surface area contributed by atoms with Gasteiger partial charge in [-0.1, -0.05) is 11.6 Å². The third-order valence-corrected chi connectivity index (χ3v) is 4.09. The van der Waals surface area contributed by atoms with Crippen molar-refractivity contribution in [2.45, 2.75) is 4.90 Å². The summed E-state index contributed by atoms with van der Waals surface area (Å²) in [5.74, 6) is -0.850. The Labute approximate surface area is 89.6 Å². The van der Waals surface area contributed by atoms with Gasteiger partial charge in [0.15, 0.2) is 0 Å². The predicted molar refractivity (Wildman–Crippen MR) is 52.0 cm³/mol. The van der Waals surface area contributed by atoms with E-state index in [1.807, 2.05) is 0 Å². The number of thiophene rings is 1. The van der Waals surface area contributed by atoms with Crippen LogP contribution in [0.3, 0.4) is 0 Å². The SMILES string of the molecule is COS(=O)(=O)c1cc(Cl)sc1C(N)=O. The minimum Gasteiger partial charge on any atom is -0.365 e. The van der Waals surface area contributed by atoms with Crippen LogP contribution in [0.25, 0.3) is 0 Å². The molecule has 5 nitrogen and oxygen atoms in total. The minimum absolute atomic E-state index is 0.128. The number of primary amides is 1. The van der Waals surface area contributed by atoms with E-state index in [1.165, 1.54) is 0 Å². The molecule has 1 aromatic rings. The first-order chi connectivity index (χ1) is 6.38. The van der Waals surface area contributed by atoms with E-state index in [0.717, 1.165) is 24.5 Å². The highest BCUT2D eigenvalue weighted by Gasteiger charge is 2.24. The molecule has 0 spiro atoms. The van der Waals surface area contributed by atoms with E-state index in [9.17, 15) is 13.2 Å². The normalized spacial score (nSPS) is 11.6. The predicted octanol–water partition coefficient (Wildman–Crippen LogP) is 0.836. The Morgan fingerprint density at radius 1 is 1.64 bits per heavy atom. The molecule has 0 atom stereocenters. The largest absolute Gasteiger partial charge is 0.365 e.